The van der Waals surface area contributed by atoms with E-state index in [1.807, 2.05) is 24.3 Å². The Balaban J connectivity index is 1.85. The standard InChI is InChI=1S/C19H30N2O2/c1-3-4-13-21(2)18-11-7-16(8-12-18)19(23)20-17-9-5-15(14-22)6-10-17/h7-8,11-12,15,17,22H,3-6,9-10,13-14H2,1-2H3,(H,20,23). The van der Waals surface area contributed by atoms with Gasteiger partial charge in [-0.05, 0) is 62.3 Å². The first-order valence-corrected chi connectivity index (χ1v) is 8.87. The van der Waals surface area contributed by atoms with Gasteiger partial charge in [0.25, 0.3) is 5.91 Å². The van der Waals surface area contributed by atoms with Crippen molar-refractivity contribution in [2.24, 2.45) is 5.92 Å². The van der Waals surface area contributed by atoms with Crippen molar-refractivity contribution in [3.63, 3.8) is 0 Å². The Hall–Kier alpha value is -1.55. The van der Waals surface area contributed by atoms with E-state index in [-0.39, 0.29) is 18.6 Å². The number of hydrogen-bond acceptors (Lipinski definition) is 3. The van der Waals surface area contributed by atoms with Crippen molar-refractivity contribution >= 4 is 11.6 Å². The summed E-state index contributed by atoms with van der Waals surface area (Å²) in [4.78, 5) is 14.6. The Morgan fingerprint density at radius 1 is 1.22 bits per heavy atom. The van der Waals surface area contributed by atoms with E-state index in [4.69, 9.17) is 0 Å². The zero-order valence-electron chi connectivity index (χ0n) is 14.4. The van der Waals surface area contributed by atoms with E-state index in [0.29, 0.717) is 5.92 Å². The molecule has 0 bridgehead atoms. The van der Waals surface area contributed by atoms with Crippen molar-refractivity contribution in [1.82, 2.24) is 5.32 Å². The molecule has 0 aliphatic heterocycles. The van der Waals surface area contributed by atoms with Gasteiger partial charge in [0.2, 0.25) is 0 Å². The van der Waals surface area contributed by atoms with Crippen LogP contribution in [0.15, 0.2) is 24.3 Å². The van der Waals surface area contributed by atoms with Crippen LogP contribution in [0.4, 0.5) is 5.69 Å². The normalized spacial score (nSPS) is 21.0. The minimum absolute atomic E-state index is 0.0141. The number of benzene rings is 1. The first-order chi connectivity index (χ1) is 11.1. The highest BCUT2D eigenvalue weighted by atomic mass is 16.3. The Morgan fingerprint density at radius 3 is 2.43 bits per heavy atom. The lowest BCUT2D eigenvalue weighted by Crippen LogP contribution is -2.38. The maximum absolute atomic E-state index is 12.3. The summed E-state index contributed by atoms with van der Waals surface area (Å²) in [5.41, 5.74) is 1.88. The molecule has 0 aromatic heterocycles. The quantitative estimate of drug-likeness (QED) is 0.812. The average Bonchev–Trinajstić information content (AvgIpc) is 2.60. The number of anilines is 1. The number of hydrogen-bond donors (Lipinski definition) is 2. The van der Waals surface area contributed by atoms with Gasteiger partial charge in [-0.1, -0.05) is 13.3 Å². The van der Waals surface area contributed by atoms with E-state index in [0.717, 1.165) is 43.5 Å². The smallest absolute Gasteiger partial charge is 0.251 e. The van der Waals surface area contributed by atoms with Crippen LogP contribution < -0.4 is 10.2 Å². The van der Waals surface area contributed by atoms with Crippen LogP contribution in [-0.2, 0) is 0 Å². The summed E-state index contributed by atoms with van der Waals surface area (Å²) < 4.78 is 0. The first-order valence-electron chi connectivity index (χ1n) is 8.87. The third-order valence-electron chi connectivity index (χ3n) is 4.86. The molecule has 1 fully saturated rings. The lowest BCUT2D eigenvalue weighted by molar-refractivity contribution is 0.0914. The number of aliphatic hydroxyl groups is 1. The van der Waals surface area contributed by atoms with Crippen LogP contribution in [0.1, 0.15) is 55.8 Å². The van der Waals surface area contributed by atoms with Crippen LogP contribution >= 0.6 is 0 Å². The minimum Gasteiger partial charge on any atom is -0.396 e. The van der Waals surface area contributed by atoms with Gasteiger partial charge in [-0.25, -0.2) is 0 Å². The maximum Gasteiger partial charge on any atom is 0.251 e. The molecular formula is C19H30N2O2. The highest BCUT2D eigenvalue weighted by molar-refractivity contribution is 5.94. The summed E-state index contributed by atoms with van der Waals surface area (Å²) in [7, 11) is 2.09. The summed E-state index contributed by atoms with van der Waals surface area (Å²) >= 11 is 0. The van der Waals surface area contributed by atoms with Crippen LogP contribution in [0, 0.1) is 5.92 Å². The molecule has 2 rings (SSSR count). The molecule has 0 heterocycles. The fraction of sp³-hybridized carbons (Fsp3) is 0.632. The summed E-state index contributed by atoms with van der Waals surface area (Å²) in [5, 5.41) is 12.3. The molecule has 0 atom stereocenters. The van der Waals surface area contributed by atoms with Crippen molar-refractivity contribution in [2.45, 2.75) is 51.5 Å². The lowest BCUT2D eigenvalue weighted by Gasteiger charge is -2.28. The second kappa shape index (κ2) is 8.92. The van der Waals surface area contributed by atoms with Crippen LogP contribution in [0.25, 0.3) is 0 Å². The largest absolute Gasteiger partial charge is 0.396 e. The van der Waals surface area contributed by atoms with E-state index in [9.17, 15) is 9.90 Å². The third kappa shape index (κ3) is 5.24. The van der Waals surface area contributed by atoms with E-state index >= 15 is 0 Å². The molecule has 0 saturated heterocycles. The van der Waals surface area contributed by atoms with Crippen molar-refractivity contribution in [2.75, 3.05) is 25.1 Å². The number of carbonyl (C=O) groups excluding carboxylic acids is 1. The number of nitrogens with one attached hydrogen (secondary N) is 1. The van der Waals surface area contributed by atoms with Crippen molar-refractivity contribution in [3.8, 4) is 0 Å². The van der Waals surface area contributed by atoms with Gasteiger partial charge in [0.15, 0.2) is 0 Å². The summed E-state index contributed by atoms with van der Waals surface area (Å²) in [6.07, 6.45) is 6.30. The predicted octanol–water partition coefficient (Wildman–Crippen LogP) is 3.20. The fourth-order valence-corrected chi connectivity index (χ4v) is 3.15. The van der Waals surface area contributed by atoms with Gasteiger partial charge in [-0.15, -0.1) is 0 Å². The molecule has 0 radical (unpaired) electrons. The van der Waals surface area contributed by atoms with Gasteiger partial charge in [-0.2, -0.15) is 0 Å². The first kappa shape index (κ1) is 17.8. The molecule has 1 aromatic rings. The van der Waals surface area contributed by atoms with Crippen molar-refractivity contribution in [3.05, 3.63) is 29.8 Å². The number of rotatable bonds is 7. The average molecular weight is 318 g/mol. The number of unbranched alkanes of at least 4 members (excludes halogenated alkanes) is 1. The molecule has 4 heteroatoms. The molecule has 23 heavy (non-hydrogen) atoms. The zero-order chi connectivity index (χ0) is 16.7. The second-order valence-corrected chi connectivity index (χ2v) is 6.70. The van der Waals surface area contributed by atoms with Gasteiger partial charge < -0.3 is 15.3 Å². The molecule has 4 nitrogen and oxygen atoms in total. The van der Waals surface area contributed by atoms with Crippen molar-refractivity contribution < 1.29 is 9.90 Å². The fourth-order valence-electron chi connectivity index (χ4n) is 3.15. The lowest BCUT2D eigenvalue weighted by atomic mass is 9.86. The molecule has 1 aromatic carbocycles. The van der Waals surface area contributed by atoms with E-state index in [1.54, 1.807) is 0 Å². The van der Waals surface area contributed by atoms with Crippen LogP contribution in [0.2, 0.25) is 0 Å². The van der Waals surface area contributed by atoms with Crippen molar-refractivity contribution in [1.29, 1.82) is 0 Å². The van der Waals surface area contributed by atoms with Crippen LogP contribution in [0.5, 0.6) is 0 Å². The third-order valence-corrected chi connectivity index (χ3v) is 4.86. The molecule has 1 saturated carbocycles. The number of aliphatic hydroxyl groups excluding tert-OH is 1. The molecular weight excluding hydrogens is 288 g/mol. The van der Waals surface area contributed by atoms with E-state index in [2.05, 4.69) is 24.2 Å². The van der Waals surface area contributed by atoms with Gasteiger partial charge in [-0.3, -0.25) is 4.79 Å². The van der Waals surface area contributed by atoms with Crippen LogP contribution in [0.3, 0.4) is 0 Å². The second-order valence-electron chi connectivity index (χ2n) is 6.70. The molecule has 128 valence electrons. The highest BCUT2D eigenvalue weighted by Crippen LogP contribution is 2.24. The summed E-state index contributed by atoms with van der Waals surface area (Å²) in [6.45, 7) is 3.50. The molecule has 1 aliphatic carbocycles. The van der Waals surface area contributed by atoms with Gasteiger partial charge >= 0.3 is 0 Å². The van der Waals surface area contributed by atoms with Crippen LogP contribution in [-0.4, -0.2) is 37.3 Å². The number of amides is 1. The zero-order valence-corrected chi connectivity index (χ0v) is 14.4. The Bertz CT molecular complexity index is 479. The Kier molecular flexibility index (Phi) is 6.90. The number of carbonyl (C=O) groups is 1. The topological polar surface area (TPSA) is 52.6 Å². The van der Waals surface area contributed by atoms with Gasteiger partial charge in [0.05, 0.1) is 0 Å². The minimum atomic E-state index is 0.0141. The van der Waals surface area contributed by atoms with E-state index in [1.165, 1.54) is 12.8 Å². The molecule has 2 N–H and O–H groups in total. The molecule has 0 spiro atoms. The maximum atomic E-state index is 12.3. The Morgan fingerprint density at radius 2 is 1.87 bits per heavy atom. The van der Waals surface area contributed by atoms with Gasteiger partial charge in [0.1, 0.15) is 0 Å². The number of nitrogens with zero attached hydrogens (tertiary/aromatic N) is 1. The SMILES string of the molecule is CCCCN(C)c1ccc(C(=O)NC2CCC(CO)CC2)cc1. The highest BCUT2D eigenvalue weighted by Gasteiger charge is 2.22. The summed E-state index contributed by atoms with van der Waals surface area (Å²) in [6, 6.07) is 8.11. The molecule has 0 unspecified atom stereocenters. The van der Waals surface area contributed by atoms with Gasteiger partial charge in [0, 0.05) is 37.5 Å². The molecule has 1 aliphatic rings. The predicted molar refractivity (Wildman–Crippen MR) is 94.9 cm³/mol. The summed E-state index contributed by atoms with van der Waals surface area (Å²) in [5.74, 6) is 0.432. The molecule has 1 amide bonds. The monoisotopic (exact) mass is 318 g/mol. The Labute approximate surface area is 139 Å². The van der Waals surface area contributed by atoms with E-state index < -0.39 is 0 Å².